The van der Waals surface area contributed by atoms with E-state index in [9.17, 15) is 26.4 Å². The van der Waals surface area contributed by atoms with Gasteiger partial charge in [-0.3, -0.25) is 10.0 Å². The van der Waals surface area contributed by atoms with Gasteiger partial charge in [-0.1, -0.05) is 0 Å². The maximum absolute atomic E-state index is 14.1. The molecule has 0 saturated heterocycles. The molecule has 0 heterocycles. The molecule has 6 nitrogen and oxygen atoms in total. The number of carbonyl (C=O) groups excluding carboxylic acids is 1. The van der Waals surface area contributed by atoms with Crippen molar-refractivity contribution < 1.29 is 31.6 Å². The van der Waals surface area contributed by atoms with Gasteiger partial charge in [-0.05, 0) is 36.8 Å². The third-order valence-corrected chi connectivity index (χ3v) is 4.50. The Morgan fingerprint density at radius 3 is 2.28 bits per heavy atom. The number of benzene rings is 2. The molecule has 134 valence electrons. The molecule has 0 radical (unpaired) electrons. The van der Waals surface area contributed by atoms with Gasteiger partial charge in [0.05, 0.1) is 16.1 Å². The highest BCUT2D eigenvalue weighted by Crippen LogP contribution is 2.30. The second kappa shape index (κ2) is 6.73. The summed E-state index contributed by atoms with van der Waals surface area (Å²) < 4.78 is 64.0. The number of hydrogen-bond donors (Lipinski definition) is 3. The first-order chi connectivity index (χ1) is 11.6. The van der Waals surface area contributed by atoms with Crippen molar-refractivity contribution in [1.29, 1.82) is 0 Å². The molecule has 2 aromatic rings. The first kappa shape index (κ1) is 18.7. The van der Waals surface area contributed by atoms with Crippen LogP contribution in [0.5, 0.6) is 0 Å². The highest BCUT2D eigenvalue weighted by Gasteiger charge is 2.23. The Balaban J connectivity index is 2.57. The zero-order valence-electron chi connectivity index (χ0n) is 13.0. The van der Waals surface area contributed by atoms with Crippen molar-refractivity contribution in [2.75, 3.05) is 11.6 Å². The molecule has 0 atom stereocenters. The number of rotatable bonds is 4. The lowest BCUT2D eigenvalue weighted by molar-refractivity contribution is 0.0706. The summed E-state index contributed by atoms with van der Waals surface area (Å²) in [5.74, 6) is -6.33. The molecule has 0 saturated carbocycles. The second-order valence-electron chi connectivity index (χ2n) is 5.22. The third-order valence-electron chi connectivity index (χ3n) is 3.39. The number of carbonyl (C=O) groups is 1. The Kier molecular flexibility index (Phi) is 5.04. The number of sulfone groups is 1. The molecule has 0 spiro atoms. The van der Waals surface area contributed by atoms with Crippen LogP contribution in [0.3, 0.4) is 0 Å². The molecule has 2 aromatic carbocycles. The lowest BCUT2D eigenvalue weighted by Crippen LogP contribution is -2.21. The van der Waals surface area contributed by atoms with Crippen LogP contribution in [-0.2, 0) is 9.84 Å². The van der Waals surface area contributed by atoms with Gasteiger partial charge in [0, 0.05) is 11.9 Å². The topological polar surface area (TPSA) is 95.5 Å². The van der Waals surface area contributed by atoms with Gasteiger partial charge < -0.3 is 5.32 Å². The fourth-order valence-electron chi connectivity index (χ4n) is 2.10. The summed E-state index contributed by atoms with van der Waals surface area (Å²) in [6.07, 6.45) is 1.01. The van der Waals surface area contributed by atoms with Crippen LogP contribution in [0.1, 0.15) is 15.9 Å². The van der Waals surface area contributed by atoms with E-state index in [0.717, 1.165) is 6.26 Å². The molecular formula is C15H13F3N2O4S. The number of halogens is 3. The fourth-order valence-corrected chi connectivity index (χ4v) is 2.80. The van der Waals surface area contributed by atoms with Crippen molar-refractivity contribution in [3.63, 3.8) is 0 Å². The van der Waals surface area contributed by atoms with Crippen LogP contribution in [0, 0.1) is 24.4 Å². The van der Waals surface area contributed by atoms with Crippen LogP contribution < -0.4 is 10.8 Å². The van der Waals surface area contributed by atoms with E-state index >= 15 is 0 Å². The first-order valence-electron chi connectivity index (χ1n) is 6.76. The van der Waals surface area contributed by atoms with Crippen molar-refractivity contribution in [2.45, 2.75) is 11.8 Å². The largest absolute Gasteiger partial charge is 0.352 e. The Hall–Kier alpha value is -2.59. The molecule has 0 unspecified atom stereocenters. The van der Waals surface area contributed by atoms with Gasteiger partial charge in [-0.15, -0.1) is 0 Å². The van der Waals surface area contributed by atoms with Gasteiger partial charge in [0.1, 0.15) is 0 Å². The van der Waals surface area contributed by atoms with Crippen LogP contribution in [0.4, 0.5) is 24.5 Å². The summed E-state index contributed by atoms with van der Waals surface area (Å²) in [6.45, 7) is 1.50. The monoisotopic (exact) mass is 374 g/mol. The Bertz CT molecular complexity index is 962. The lowest BCUT2D eigenvalue weighted by Gasteiger charge is -2.15. The molecule has 2 rings (SSSR count). The predicted molar refractivity (Wildman–Crippen MR) is 83.1 cm³/mol. The normalized spacial score (nSPS) is 11.3. The van der Waals surface area contributed by atoms with Crippen molar-refractivity contribution in [3.05, 3.63) is 52.8 Å². The summed E-state index contributed by atoms with van der Waals surface area (Å²) in [4.78, 5) is 11.6. The Labute approximate surface area is 141 Å². The minimum Gasteiger partial charge on any atom is -0.352 e. The van der Waals surface area contributed by atoms with Crippen LogP contribution >= 0.6 is 0 Å². The number of amides is 1. The molecule has 1 amide bonds. The van der Waals surface area contributed by atoms with E-state index < -0.39 is 44.4 Å². The number of aryl methyl sites for hydroxylation is 1. The molecule has 0 bridgehead atoms. The number of nitrogens with one attached hydrogen (secondary N) is 2. The molecule has 3 N–H and O–H groups in total. The zero-order valence-corrected chi connectivity index (χ0v) is 13.8. The van der Waals surface area contributed by atoms with Crippen LogP contribution in [0.15, 0.2) is 29.2 Å². The summed E-state index contributed by atoms with van der Waals surface area (Å²) >= 11 is 0. The molecule has 10 heteroatoms. The highest BCUT2D eigenvalue weighted by molar-refractivity contribution is 7.90. The molecule has 0 aromatic heterocycles. The SMILES string of the molecule is Cc1cc(S(C)(=O)=O)ccc1Nc1c(C(=O)NO)cc(F)c(F)c1F. The van der Waals surface area contributed by atoms with Gasteiger partial charge in [0.15, 0.2) is 27.3 Å². The highest BCUT2D eigenvalue weighted by atomic mass is 32.2. The number of hydrogen-bond acceptors (Lipinski definition) is 5. The smallest absolute Gasteiger partial charge is 0.276 e. The van der Waals surface area contributed by atoms with Crippen LogP contribution in [-0.4, -0.2) is 25.8 Å². The quantitative estimate of drug-likeness (QED) is 0.434. The van der Waals surface area contributed by atoms with Gasteiger partial charge in [-0.2, -0.15) is 0 Å². The molecule has 0 aliphatic rings. The summed E-state index contributed by atoms with van der Waals surface area (Å²) in [6, 6.07) is 4.23. The minimum absolute atomic E-state index is 0.00892. The Morgan fingerprint density at radius 2 is 1.76 bits per heavy atom. The summed E-state index contributed by atoms with van der Waals surface area (Å²) in [7, 11) is -3.47. The van der Waals surface area contributed by atoms with E-state index in [4.69, 9.17) is 5.21 Å². The summed E-state index contributed by atoms with van der Waals surface area (Å²) in [5, 5.41) is 11.1. The van der Waals surface area contributed by atoms with Crippen molar-refractivity contribution >= 4 is 27.1 Å². The third kappa shape index (κ3) is 3.74. The molecular weight excluding hydrogens is 361 g/mol. The van der Waals surface area contributed by atoms with Crippen molar-refractivity contribution in [2.24, 2.45) is 0 Å². The standard InChI is InChI=1S/C15H13F3N2O4S/c1-7-5-8(25(2,23)24)3-4-11(7)19-14-9(15(21)20-22)6-10(16)12(17)13(14)18/h3-6,19,22H,1-2H3,(H,20,21). The van der Waals surface area contributed by atoms with Gasteiger partial charge in [0.25, 0.3) is 5.91 Å². The van der Waals surface area contributed by atoms with Gasteiger partial charge >= 0.3 is 0 Å². The number of anilines is 2. The van der Waals surface area contributed by atoms with E-state index in [2.05, 4.69) is 5.32 Å². The van der Waals surface area contributed by atoms with Crippen molar-refractivity contribution in [1.82, 2.24) is 5.48 Å². The average molecular weight is 374 g/mol. The maximum Gasteiger partial charge on any atom is 0.276 e. The molecule has 25 heavy (non-hydrogen) atoms. The van der Waals surface area contributed by atoms with Gasteiger partial charge in [0.2, 0.25) is 0 Å². The van der Waals surface area contributed by atoms with E-state index in [1.807, 2.05) is 0 Å². The van der Waals surface area contributed by atoms with Crippen molar-refractivity contribution in [3.8, 4) is 0 Å². The van der Waals surface area contributed by atoms with E-state index in [0.29, 0.717) is 11.6 Å². The molecule has 0 aliphatic carbocycles. The van der Waals surface area contributed by atoms with E-state index in [-0.39, 0.29) is 10.6 Å². The predicted octanol–water partition coefficient (Wildman–Crippen LogP) is 2.68. The first-order valence-corrected chi connectivity index (χ1v) is 8.65. The lowest BCUT2D eigenvalue weighted by atomic mass is 10.1. The fraction of sp³-hybridized carbons (Fsp3) is 0.133. The average Bonchev–Trinajstić information content (AvgIpc) is 2.54. The Morgan fingerprint density at radius 1 is 1.12 bits per heavy atom. The van der Waals surface area contributed by atoms with E-state index in [1.165, 1.54) is 30.6 Å². The van der Waals surface area contributed by atoms with Gasteiger partial charge in [-0.25, -0.2) is 27.1 Å². The van der Waals surface area contributed by atoms with E-state index in [1.54, 1.807) is 0 Å². The minimum atomic E-state index is -3.47. The molecule has 0 fully saturated rings. The molecule has 0 aliphatic heterocycles. The van der Waals surface area contributed by atoms with Crippen LogP contribution in [0.25, 0.3) is 0 Å². The number of hydroxylamine groups is 1. The second-order valence-corrected chi connectivity index (χ2v) is 7.24. The summed E-state index contributed by atoms with van der Waals surface area (Å²) in [5.41, 5.74) is 0.334. The maximum atomic E-state index is 14.1. The zero-order chi connectivity index (χ0) is 18.9. The van der Waals surface area contributed by atoms with Crippen LogP contribution in [0.2, 0.25) is 0 Å².